The van der Waals surface area contributed by atoms with Crippen molar-refractivity contribution in [2.75, 3.05) is 13.2 Å². The number of benzene rings is 1. The van der Waals surface area contributed by atoms with Crippen molar-refractivity contribution in [3.63, 3.8) is 0 Å². The molecule has 118 valence electrons. The second kappa shape index (κ2) is 6.68. The maximum Gasteiger partial charge on any atom is 0.358 e. The van der Waals surface area contributed by atoms with Gasteiger partial charge < -0.3 is 14.3 Å². The first-order valence-corrected chi connectivity index (χ1v) is 7.24. The highest BCUT2D eigenvalue weighted by atomic mass is 35.5. The van der Waals surface area contributed by atoms with Gasteiger partial charge in [-0.15, -0.1) is 0 Å². The van der Waals surface area contributed by atoms with Crippen LogP contribution in [0.4, 0.5) is 0 Å². The average molecular weight is 333 g/mol. The summed E-state index contributed by atoms with van der Waals surface area (Å²) in [5.41, 5.74) is 1.39. The number of esters is 1. The van der Waals surface area contributed by atoms with Crippen molar-refractivity contribution in [2.45, 2.75) is 0 Å². The van der Waals surface area contributed by atoms with Crippen molar-refractivity contribution in [1.82, 2.24) is 9.78 Å². The summed E-state index contributed by atoms with van der Waals surface area (Å²) in [5.74, 6) is -0.0636. The number of carbonyl (C=O) groups excluding carboxylic acids is 1. The molecule has 2 aromatic heterocycles. The molecule has 2 heterocycles. The van der Waals surface area contributed by atoms with Crippen molar-refractivity contribution < 1.29 is 19.1 Å². The van der Waals surface area contributed by atoms with E-state index in [1.165, 1.54) is 6.26 Å². The normalized spacial score (nSPS) is 10.7. The van der Waals surface area contributed by atoms with E-state index >= 15 is 0 Å². The van der Waals surface area contributed by atoms with Crippen LogP contribution in [0, 0.1) is 0 Å². The summed E-state index contributed by atoms with van der Waals surface area (Å²) in [4.78, 5) is 12.0. The highest BCUT2D eigenvalue weighted by Crippen LogP contribution is 2.26. The van der Waals surface area contributed by atoms with Crippen LogP contribution in [0.3, 0.4) is 0 Å². The molecule has 0 aliphatic heterocycles. The molecule has 0 amide bonds. The number of aromatic nitrogens is 2. The molecule has 0 atom stereocenters. The summed E-state index contributed by atoms with van der Waals surface area (Å²) >= 11 is 6.03. The Balaban J connectivity index is 2.06. The highest BCUT2D eigenvalue weighted by molar-refractivity contribution is 6.30. The zero-order valence-corrected chi connectivity index (χ0v) is 12.7. The lowest BCUT2D eigenvalue weighted by Crippen LogP contribution is -2.10. The second-order valence-corrected chi connectivity index (χ2v) is 5.08. The molecule has 1 aromatic carbocycles. The number of aliphatic hydroxyl groups is 1. The predicted molar refractivity (Wildman–Crippen MR) is 83.6 cm³/mol. The third kappa shape index (κ3) is 3.28. The Morgan fingerprint density at radius 3 is 2.87 bits per heavy atom. The Kier molecular flexibility index (Phi) is 4.45. The number of hydrogen-bond acceptors (Lipinski definition) is 5. The fraction of sp³-hybridized carbons (Fsp3) is 0.125. The summed E-state index contributed by atoms with van der Waals surface area (Å²) in [5, 5.41) is 13.6. The second-order valence-electron chi connectivity index (χ2n) is 4.64. The van der Waals surface area contributed by atoms with Gasteiger partial charge in [0, 0.05) is 11.1 Å². The van der Waals surface area contributed by atoms with Gasteiger partial charge in [-0.1, -0.05) is 17.7 Å². The number of aliphatic hydroxyl groups excluding tert-OH is 1. The maximum atomic E-state index is 12.0. The standard InChI is InChI=1S/C16H13ClN2O4/c17-11-3-1-4-12(9-11)19-14(15-5-2-7-22-15)10-13(18-19)16(21)23-8-6-20/h1-5,7,9-10,20H,6,8H2. The molecule has 0 bridgehead atoms. The van der Waals surface area contributed by atoms with Gasteiger partial charge in [0.25, 0.3) is 0 Å². The van der Waals surface area contributed by atoms with Gasteiger partial charge >= 0.3 is 5.97 Å². The smallest absolute Gasteiger partial charge is 0.358 e. The van der Waals surface area contributed by atoms with Crippen LogP contribution < -0.4 is 0 Å². The number of hydrogen-bond donors (Lipinski definition) is 1. The van der Waals surface area contributed by atoms with Gasteiger partial charge in [-0.3, -0.25) is 0 Å². The summed E-state index contributed by atoms with van der Waals surface area (Å²) in [7, 11) is 0. The molecule has 1 N–H and O–H groups in total. The molecule has 0 spiro atoms. The summed E-state index contributed by atoms with van der Waals surface area (Å²) in [6, 6.07) is 12.2. The molecule has 0 saturated carbocycles. The molecule has 0 aliphatic carbocycles. The summed E-state index contributed by atoms with van der Waals surface area (Å²) < 4.78 is 11.9. The van der Waals surface area contributed by atoms with Crippen LogP contribution in [0.5, 0.6) is 0 Å². The molecule has 0 saturated heterocycles. The van der Waals surface area contributed by atoms with Crippen LogP contribution in [0.25, 0.3) is 17.1 Å². The number of ether oxygens (including phenoxy) is 1. The van der Waals surface area contributed by atoms with Gasteiger partial charge in [0.1, 0.15) is 12.3 Å². The zero-order valence-electron chi connectivity index (χ0n) is 12.0. The van der Waals surface area contributed by atoms with Crippen LogP contribution in [0.15, 0.2) is 53.1 Å². The van der Waals surface area contributed by atoms with Gasteiger partial charge in [0.05, 0.1) is 18.6 Å². The number of nitrogens with zero attached hydrogens (tertiary/aromatic N) is 2. The molecule has 0 radical (unpaired) electrons. The quantitative estimate of drug-likeness (QED) is 0.727. The molecule has 0 unspecified atom stereocenters. The molecule has 3 rings (SSSR count). The third-order valence-corrected chi connectivity index (χ3v) is 3.30. The number of rotatable bonds is 5. The maximum absolute atomic E-state index is 12.0. The minimum atomic E-state index is -0.618. The highest BCUT2D eigenvalue weighted by Gasteiger charge is 2.19. The van der Waals surface area contributed by atoms with Crippen LogP contribution in [-0.2, 0) is 4.74 Å². The van der Waals surface area contributed by atoms with Gasteiger partial charge in [-0.2, -0.15) is 5.10 Å². The molecule has 3 aromatic rings. The average Bonchev–Trinajstić information content (AvgIpc) is 3.21. The number of furan rings is 1. The molecule has 0 aliphatic rings. The lowest BCUT2D eigenvalue weighted by atomic mass is 10.2. The lowest BCUT2D eigenvalue weighted by Gasteiger charge is -2.05. The molecule has 7 heteroatoms. The summed E-state index contributed by atoms with van der Waals surface area (Å²) in [6.45, 7) is -0.329. The van der Waals surface area contributed by atoms with Gasteiger partial charge in [-0.25, -0.2) is 9.48 Å². The van der Waals surface area contributed by atoms with Crippen LogP contribution >= 0.6 is 11.6 Å². The van der Waals surface area contributed by atoms with Crippen molar-refractivity contribution in [3.8, 4) is 17.1 Å². The SMILES string of the molecule is O=C(OCCO)c1cc(-c2ccco2)n(-c2cccc(Cl)c2)n1. The molecule has 0 fully saturated rings. The minimum absolute atomic E-state index is 0.0844. The van der Waals surface area contributed by atoms with Gasteiger partial charge in [0.2, 0.25) is 0 Å². The topological polar surface area (TPSA) is 77.5 Å². The van der Waals surface area contributed by atoms with Crippen molar-refractivity contribution in [3.05, 3.63) is 59.4 Å². The van der Waals surface area contributed by atoms with E-state index in [9.17, 15) is 4.79 Å². The van der Waals surface area contributed by atoms with E-state index in [1.54, 1.807) is 41.1 Å². The van der Waals surface area contributed by atoms with E-state index in [1.807, 2.05) is 6.07 Å². The van der Waals surface area contributed by atoms with Crippen molar-refractivity contribution >= 4 is 17.6 Å². The fourth-order valence-corrected chi connectivity index (χ4v) is 2.28. The van der Waals surface area contributed by atoms with Gasteiger partial charge in [-0.05, 0) is 30.3 Å². The predicted octanol–water partition coefficient (Wildman–Crippen LogP) is 2.93. The van der Waals surface area contributed by atoms with Crippen molar-refractivity contribution in [2.24, 2.45) is 0 Å². The number of carbonyl (C=O) groups is 1. The first-order valence-electron chi connectivity index (χ1n) is 6.87. The van der Waals surface area contributed by atoms with Crippen LogP contribution in [0.1, 0.15) is 10.5 Å². The summed E-state index contributed by atoms with van der Waals surface area (Å²) in [6.07, 6.45) is 1.54. The van der Waals surface area contributed by atoms with E-state index in [0.717, 1.165) is 0 Å². The van der Waals surface area contributed by atoms with E-state index < -0.39 is 5.97 Å². The van der Waals surface area contributed by atoms with Crippen LogP contribution in [-0.4, -0.2) is 34.1 Å². The Bertz CT molecular complexity index is 811. The first kappa shape index (κ1) is 15.3. The van der Waals surface area contributed by atoms with E-state index in [0.29, 0.717) is 22.2 Å². The van der Waals surface area contributed by atoms with E-state index in [4.69, 9.17) is 25.9 Å². The third-order valence-electron chi connectivity index (χ3n) is 3.07. The molecule has 6 nitrogen and oxygen atoms in total. The Morgan fingerprint density at radius 2 is 2.17 bits per heavy atom. The first-order chi connectivity index (χ1) is 11.2. The molecule has 23 heavy (non-hydrogen) atoms. The monoisotopic (exact) mass is 332 g/mol. The van der Waals surface area contributed by atoms with Gasteiger partial charge in [0.15, 0.2) is 11.5 Å². The largest absolute Gasteiger partial charge is 0.463 e. The Hall–Kier alpha value is -2.57. The molecular weight excluding hydrogens is 320 g/mol. The van der Waals surface area contributed by atoms with Crippen LogP contribution in [0.2, 0.25) is 5.02 Å². The Labute approximate surface area is 136 Å². The number of halogens is 1. The molecular formula is C16H13ClN2O4. The zero-order chi connectivity index (χ0) is 16.2. The van der Waals surface area contributed by atoms with E-state index in [2.05, 4.69) is 5.10 Å². The van der Waals surface area contributed by atoms with Crippen molar-refractivity contribution in [1.29, 1.82) is 0 Å². The minimum Gasteiger partial charge on any atom is -0.463 e. The Morgan fingerprint density at radius 1 is 1.30 bits per heavy atom. The van der Waals surface area contributed by atoms with E-state index in [-0.39, 0.29) is 18.9 Å². The lowest BCUT2D eigenvalue weighted by molar-refractivity contribution is 0.0426. The fourth-order valence-electron chi connectivity index (χ4n) is 2.10.